The van der Waals surface area contributed by atoms with E-state index in [4.69, 9.17) is 5.73 Å². The summed E-state index contributed by atoms with van der Waals surface area (Å²) < 4.78 is 0. The van der Waals surface area contributed by atoms with Gasteiger partial charge in [-0.2, -0.15) is 0 Å². The molecule has 0 saturated carbocycles. The molecule has 3 N–H and O–H groups in total. The minimum absolute atomic E-state index is 0.178. The van der Waals surface area contributed by atoms with E-state index in [0.717, 1.165) is 25.9 Å². The van der Waals surface area contributed by atoms with Crippen molar-refractivity contribution >= 4 is 5.91 Å². The van der Waals surface area contributed by atoms with Crippen molar-refractivity contribution in [1.29, 1.82) is 0 Å². The zero-order valence-electron chi connectivity index (χ0n) is 12.9. The van der Waals surface area contributed by atoms with Crippen LogP contribution in [0.25, 0.3) is 0 Å². The predicted octanol–water partition coefficient (Wildman–Crippen LogP) is 1.60. The molecule has 0 aliphatic carbocycles. The fourth-order valence-electron chi connectivity index (χ4n) is 2.75. The summed E-state index contributed by atoms with van der Waals surface area (Å²) in [7, 11) is 2.16. The summed E-state index contributed by atoms with van der Waals surface area (Å²) in [6.45, 7) is 8.20. The fourth-order valence-corrected chi connectivity index (χ4v) is 2.75. The van der Waals surface area contributed by atoms with Gasteiger partial charge in [-0.3, -0.25) is 4.79 Å². The summed E-state index contributed by atoms with van der Waals surface area (Å²) in [6.07, 6.45) is 5.01. The van der Waals surface area contributed by atoms with Crippen molar-refractivity contribution in [3.8, 4) is 0 Å². The zero-order chi connectivity index (χ0) is 14.3. The van der Waals surface area contributed by atoms with Crippen molar-refractivity contribution in [3.63, 3.8) is 0 Å². The summed E-state index contributed by atoms with van der Waals surface area (Å²) in [5.74, 6) is 0.818. The summed E-state index contributed by atoms with van der Waals surface area (Å²) in [6, 6.07) is 0. The van der Waals surface area contributed by atoms with Gasteiger partial charge >= 0.3 is 0 Å². The van der Waals surface area contributed by atoms with E-state index in [0.29, 0.717) is 18.9 Å². The SMILES string of the molecule is CN1CCCC(CNC(=O)CCC(C)(C)CCN)C1. The molecule has 1 saturated heterocycles. The second kappa shape index (κ2) is 7.85. The van der Waals surface area contributed by atoms with Gasteiger partial charge in [0.05, 0.1) is 0 Å². The van der Waals surface area contributed by atoms with Gasteiger partial charge in [-0.25, -0.2) is 0 Å². The lowest BCUT2D eigenvalue weighted by Gasteiger charge is -2.30. The van der Waals surface area contributed by atoms with Crippen LogP contribution in [0.1, 0.15) is 46.0 Å². The van der Waals surface area contributed by atoms with Gasteiger partial charge < -0.3 is 16.0 Å². The van der Waals surface area contributed by atoms with Crippen LogP contribution < -0.4 is 11.1 Å². The van der Waals surface area contributed by atoms with Crippen LogP contribution in [-0.4, -0.2) is 44.0 Å². The molecular formula is C15H31N3O. The Hall–Kier alpha value is -0.610. The Morgan fingerprint density at radius 2 is 2.16 bits per heavy atom. The molecule has 0 radical (unpaired) electrons. The average Bonchev–Trinajstić information content (AvgIpc) is 2.34. The van der Waals surface area contributed by atoms with Gasteiger partial charge in [-0.1, -0.05) is 13.8 Å². The fraction of sp³-hybridized carbons (Fsp3) is 0.933. The molecular weight excluding hydrogens is 238 g/mol. The lowest BCUT2D eigenvalue weighted by Crippen LogP contribution is -2.39. The molecule has 0 bridgehead atoms. The molecule has 112 valence electrons. The first-order chi connectivity index (χ1) is 8.93. The van der Waals surface area contributed by atoms with E-state index in [9.17, 15) is 4.79 Å². The van der Waals surface area contributed by atoms with Gasteiger partial charge in [0.1, 0.15) is 0 Å². The van der Waals surface area contributed by atoms with Crippen LogP contribution in [0.2, 0.25) is 0 Å². The number of nitrogens with zero attached hydrogens (tertiary/aromatic N) is 1. The molecule has 0 aromatic rings. The molecule has 1 amide bonds. The number of amides is 1. The Balaban J connectivity index is 2.17. The van der Waals surface area contributed by atoms with E-state index in [2.05, 4.69) is 31.1 Å². The smallest absolute Gasteiger partial charge is 0.220 e. The maximum absolute atomic E-state index is 11.9. The third-order valence-electron chi connectivity index (χ3n) is 4.16. The third-order valence-corrected chi connectivity index (χ3v) is 4.16. The monoisotopic (exact) mass is 269 g/mol. The minimum Gasteiger partial charge on any atom is -0.356 e. The predicted molar refractivity (Wildman–Crippen MR) is 79.9 cm³/mol. The van der Waals surface area contributed by atoms with E-state index in [1.54, 1.807) is 0 Å². The largest absolute Gasteiger partial charge is 0.356 e. The highest BCUT2D eigenvalue weighted by Gasteiger charge is 2.20. The lowest BCUT2D eigenvalue weighted by atomic mass is 9.84. The number of likely N-dealkylation sites (tertiary alicyclic amines) is 1. The first-order valence-electron chi connectivity index (χ1n) is 7.58. The number of carbonyl (C=O) groups is 1. The molecule has 1 heterocycles. The third kappa shape index (κ3) is 6.92. The van der Waals surface area contributed by atoms with Gasteiger partial charge in [-0.05, 0) is 57.2 Å². The molecule has 0 aromatic carbocycles. The van der Waals surface area contributed by atoms with E-state index in [1.165, 1.54) is 19.4 Å². The number of nitrogens with one attached hydrogen (secondary N) is 1. The standard InChI is InChI=1S/C15H31N3O/c1-15(2,8-9-16)7-6-14(19)17-11-13-5-4-10-18(3)12-13/h13H,4-12,16H2,1-3H3,(H,17,19). The van der Waals surface area contributed by atoms with Gasteiger partial charge in [0.2, 0.25) is 5.91 Å². The van der Waals surface area contributed by atoms with E-state index >= 15 is 0 Å². The zero-order valence-corrected chi connectivity index (χ0v) is 12.9. The van der Waals surface area contributed by atoms with Crippen LogP contribution in [0.4, 0.5) is 0 Å². The minimum atomic E-state index is 0.178. The Kier molecular flexibility index (Phi) is 6.80. The van der Waals surface area contributed by atoms with Crippen LogP contribution in [0.5, 0.6) is 0 Å². The van der Waals surface area contributed by atoms with E-state index < -0.39 is 0 Å². The Morgan fingerprint density at radius 1 is 1.42 bits per heavy atom. The van der Waals surface area contributed by atoms with Crippen molar-refractivity contribution in [3.05, 3.63) is 0 Å². The average molecular weight is 269 g/mol. The van der Waals surface area contributed by atoms with Gasteiger partial charge in [0, 0.05) is 19.5 Å². The van der Waals surface area contributed by atoms with Crippen LogP contribution in [0.15, 0.2) is 0 Å². The van der Waals surface area contributed by atoms with Crippen molar-refractivity contribution in [2.24, 2.45) is 17.1 Å². The molecule has 0 spiro atoms. The number of nitrogens with two attached hydrogens (primary N) is 1. The number of piperidine rings is 1. The van der Waals surface area contributed by atoms with Crippen molar-refractivity contribution in [2.45, 2.75) is 46.0 Å². The van der Waals surface area contributed by atoms with Crippen LogP contribution in [0, 0.1) is 11.3 Å². The molecule has 4 nitrogen and oxygen atoms in total. The normalized spacial score (nSPS) is 21.4. The van der Waals surface area contributed by atoms with Crippen molar-refractivity contribution in [2.75, 3.05) is 33.2 Å². The quantitative estimate of drug-likeness (QED) is 0.738. The van der Waals surface area contributed by atoms with Gasteiger partial charge in [0.15, 0.2) is 0 Å². The van der Waals surface area contributed by atoms with Crippen molar-refractivity contribution < 1.29 is 4.79 Å². The van der Waals surface area contributed by atoms with Gasteiger partial charge in [-0.15, -0.1) is 0 Å². The molecule has 4 heteroatoms. The highest BCUT2D eigenvalue weighted by molar-refractivity contribution is 5.75. The topological polar surface area (TPSA) is 58.4 Å². The molecule has 0 aromatic heterocycles. The highest BCUT2D eigenvalue weighted by Crippen LogP contribution is 2.25. The summed E-state index contributed by atoms with van der Waals surface area (Å²) in [5, 5.41) is 3.09. The number of hydrogen-bond acceptors (Lipinski definition) is 3. The summed E-state index contributed by atoms with van der Waals surface area (Å²) in [5.41, 5.74) is 5.76. The number of carbonyl (C=O) groups excluding carboxylic acids is 1. The molecule has 1 aliphatic heterocycles. The summed E-state index contributed by atoms with van der Waals surface area (Å²) in [4.78, 5) is 14.2. The van der Waals surface area contributed by atoms with Gasteiger partial charge in [0.25, 0.3) is 0 Å². The number of hydrogen-bond donors (Lipinski definition) is 2. The highest BCUT2D eigenvalue weighted by atomic mass is 16.1. The van der Waals surface area contributed by atoms with Crippen LogP contribution in [0.3, 0.4) is 0 Å². The van der Waals surface area contributed by atoms with Crippen LogP contribution in [-0.2, 0) is 4.79 Å². The first kappa shape index (κ1) is 16.4. The van der Waals surface area contributed by atoms with E-state index in [1.807, 2.05) is 0 Å². The number of rotatable bonds is 7. The molecule has 1 unspecified atom stereocenters. The van der Waals surface area contributed by atoms with Crippen molar-refractivity contribution in [1.82, 2.24) is 10.2 Å². The molecule has 19 heavy (non-hydrogen) atoms. The van der Waals surface area contributed by atoms with E-state index in [-0.39, 0.29) is 11.3 Å². The Bertz CT molecular complexity index is 279. The second-order valence-electron chi connectivity index (χ2n) is 6.78. The van der Waals surface area contributed by atoms with Crippen LogP contribution >= 0.6 is 0 Å². The summed E-state index contributed by atoms with van der Waals surface area (Å²) >= 11 is 0. The first-order valence-corrected chi connectivity index (χ1v) is 7.58. The Labute approximate surface area is 118 Å². The maximum Gasteiger partial charge on any atom is 0.220 e. The lowest BCUT2D eigenvalue weighted by molar-refractivity contribution is -0.121. The molecule has 1 atom stereocenters. The molecule has 1 rings (SSSR count). The Morgan fingerprint density at radius 3 is 2.79 bits per heavy atom. The molecule has 1 aliphatic rings. The molecule has 1 fully saturated rings. The second-order valence-corrected chi connectivity index (χ2v) is 6.78. The maximum atomic E-state index is 11.9.